The minimum Gasteiger partial charge on any atom is -0.463 e. The predicted molar refractivity (Wildman–Crippen MR) is 80.6 cm³/mol. The van der Waals surface area contributed by atoms with E-state index in [4.69, 9.17) is 4.74 Å². The molecule has 0 aliphatic rings. The molecule has 94 valence electrons. The molecule has 0 aromatic rings. The summed E-state index contributed by atoms with van der Waals surface area (Å²) in [4.78, 5) is 10.7. The van der Waals surface area contributed by atoms with Crippen LogP contribution < -0.4 is 0 Å². The molecule has 0 unspecified atom stereocenters. The largest absolute Gasteiger partial charge is 0.463 e. The van der Waals surface area contributed by atoms with Crippen molar-refractivity contribution in [3.63, 3.8) is 0 Å². The second-order valence-corrected chi connectivity index (χ2v) is 17.3. The van der Waals surface area contributed by atoms with E-state index in [1.165, 1.54) is 31.4 Å². The van der Waals surface area contributed by atoms with E-state index in [9.17, 15) is 4.79 Å². The standard InChI is InChI=1S/C12H23IO2Si/c1-4-12(14)15-10-8-6-5-7-9-11-16(2,3)13/h4H,1,5-11H2,2-3H3. The quantitative estimate of drug-likeness (QED) is 0.154. The van der Waals surface area contributed by atoms with E-state index >= 15 is 0 Å². The number of ether oxygens (including phenoxy) is 1. The molecular formula is C12H23IO2Si. The van der Waals surface area contributed by atoms with Gasteiger partial charge in [-0.3, -0.25) is 0 Å². The van der Waals surface area contributed by atoms with Crippen LogP contribution in [0.2, 0.25) is 19.1 Å². The summed E-state index contributed by atoms with van der Waals surface area (Å²) in [5, 5.41) is 0. The smallest absolute Gasteiger partial charge is 0.330 e. The van der Waals surface area contributed by atoms with Gasteiger partial charge in [0.1, 0.15) is 5.57 Å². The van der Waals surface area contributed by atoms with Crippen LogP contribution in [0.3, 0.4) is 0 Å². The molecule has 2 nitrogen and oxygen atoms in total. The summed E-state index contributed by atoms with van der Waals surface area (Å²) >= 11 is 2.63. The summed E-state index contributed by atoms with van der Waals surface area (Å²) in [7, 11) is 0. The fraction of sp³-hybridized carbons (Fsp3) is 0.750. The molecule has 0 radical (unpaired) electrons. The number of hydrogen-bond acceptors (Lipinski definition) is 2. The van der Waals surface area contributed by atoms with Gasteiger partial charge in [-0.15, -0.1) is 21.8 Å². The van der Waals surface area contributed by atoms with E-state index in [0.29, 0.717) is 6.61 Å². The molecule has 0 aliphatic heterocycles. The second kappa shape index (κ2) is 9.21. The topological polar surface area (TPSA) is 26.3 Å². The highest BCUT2D eigenvalue weighted by molar-refractivity contribution is 14.1. The van der Waals surface area contributed by atoms with Crippen molar-refractivity contribution in [3.05, 3.63) is 12.7 Å². The van der Waals surface area contributed by atoms with Crippen LogP contribution in [0.4, 0.5) is 0 Å². The Kier molecular flexibility index (Phi) is 9.30. The van der Waals surface area contributed by atoms with E-state index in [-0.39, 0.29) is 5.97 Å². The number of esters is 1. The minimum atomic E-state index is -0.863. The number of carbonyl (C=O) groups excluding carboxylic acids is 1. The maximum atomic E-state index is 10.7. The third kappa shape index (κ3) is 12.2. The molecule has 0 amide bonds. The van der Waals surface area contributed by atoms with Crippen LogP contribution >= 0.6 is 21.8 Å². The van der Waals surface area contributed by atoms with Crippen LogP contribution in [0.1, 0.15) is 32.1 Å². The number of hydrogen-bond donors (Lipinski definition) is 0. The molecule has 0 aromatic carbocycles. The summed E-state index contributed by atoms with van der Waals surface area (Å²) in [6.07, 6.45) is 7.28. The van der Waals surface area contributed by atoms with E-state index in [0.717, 1.165) is 12.8 Å². The Labute approximate surface area is 113 Å². The zero-order chi connectivity index (χ0) is 12.4. The predicted octanol–water partition coefficient (Wildman–Crippen LogP) is 4.31. The molecule has 0 N–H and O–H groups in total. The van der Waals surface area contributed by atoms with Crippen LogP contribution in [0.25, 0.3) is 0 Å². The van der Waals surface area contributed by atoms with Gasteiger partial charge in [-0.25, -0.2) is 4.79 Å². The Bertz CT molecular complexity index is 212. The first-order chi connectivity index (χ1) is 7.45. The minimum absolute atomic E-state index is 0.308. The molecule has 0 spiro atoms. The van der Waals surface area contributed by atoms with Crippen molar-refractivity contribution in [2.75, 3.05) is 6.61 Å². The zero-order valence-corrected chi connectivity index (χ0v) is 13.6. The van der Waals surface area contributed by atoms with Crippen molar-refractivity contribution >= 4 is 33.3 Å². The van der Waals surface area contributed by atoms with E-state index in [1.54, 1.807) is 0 Å². The summed E-state index contributed by atoms with van der Waals surface area (Å²) in [6.45, 7) is 8.70. The molecular weight excluding hydrogens is 331 g/mol. The van der Waals surface area contributed by atoms with Crippen LogP contribution in [0.5, 0.6) is 0 Å². The first-order valence-corrected chi connectivity index (χ1v) is 12.3. The van der Waals surface area contributed by atoms with Gasteiger partial charge in [-0.1, -0.05) is 45.4 Å². The fourth-order valence-corrected chi connectivity index (χ4v) is 3.64. The SMILES string of the molecule is C=CC(=O)OCCCCCCC[Si](C)(C)I. The third-order valence-corrected chi connectivity index (χ3v) is 5.49. The number of carbonyl (C=O) groups is 1. The van der Waals surface area contributed by atoms with Crippen molar-refractivity contribution in [2.24, 2.45) is 0 Å². The molecule has 0 bridgehead atoms. The van der Waals surface area contributed by atoms with Crippen molar-refractivity contribution in [3.8, 4) is 0 Å². The summed E-state index contributed by atoms with van der Waals surface area (Å²) < 4.78 is 4.90. The Morgan fingerprint density at radius 1 is 1.25 bits per heavy atom. The maximum absolute atomic E-state index is 10.7. The molecule has 16 heavy (non-hydrogen) atoms. The summed E-state index contributed by atoms with van der Waals surface area (Å²) in [5.74, 6) is -0.308. The summed E-state index contributed by atoms with van der Waals surface area (Å²) in [5.41, 5.74) is -0.863. The second-order valence-electron chi connectivity index (χ2n) is 4.61. The molecule has 0 saturated carbocycles. The van der Waals surface area contributed by atoms with Gasteiger partial charge in [0.2, 0.25) is 0 Å². The third-order valence-electron chi connectivity index (χ3n) is 2.33. The average molecular weight is 354 g/mol. The highest BCUT2D eigenvalue weighted by Crippen LogP contribution is 2.21. The van der Waals surface area contributed by atoms with Crippen LogP contribution in [0.15, 0.2) is 12.7 Å². The molecule has 0 aliphatic carbocycles. The lowest BCUT2D eigenvalue weighted by molar-refractivity contribution is -0.137. The van der Waals surface area contributed by atoms with Crippen LogP contribution in [-0.4, -0.2) is 18.1 Å². The molecule has 0 fully saturated rings. The molecule has 0 aromatic heterocycles. The maximum Gasteiger partial charge on any atom is 0.330 e. The van der Waals surface area contributed by atoms with Crippen LogP contribution in [0, 0.1) is 0 Å². The van der Waals surface area contributed by atoms with E-state index < -0.39 is 5.57 Å². The first kappa shape index (κ1) is 16.2. The van der Waals surface area contributed by atoms with Gasteiger partial charge in [0.05, 0.1) is 6.61 Å². The van der Waals surface area contributed by atoms with Gasteiger partial charge < -0.3 is 4.74 Å². The lowest BCUT2D eigenvalue weighted by atomic mass is 10.2. The van der Waals surface area contributed by atoms with Gasteiger partial charge in [0, 0.05) is 6.08 Å². The van der Waals surface area contributed by atoms with Gasteiger partial charge in [-0.2, -0.15) is 0 Å². The van der Waals surface area contributed by atoms with Gasteiger partial charge >= 0.3 is 5.97 Å². The van der Waals surface area contributed by atoms with E-state index in [2.05, 4.69) is 41.5 Å². The van der Waals surface area contributed by atoms with Crippen molar-refractivity contribution in [1.29, 1.82) is 0 Å². The number of halogens is 1. The molecule has 0 saturated heterocycles. The molecule has 4 heteroatoms. The molecule has 0 atom stereocenters. The van der Waals surface area contributed by atoms with E-state index in [1.807, 2.05) is 0 Å². The van der Waals surface area contributed by atoms with Crippen molar-refractivity contribution in [2.45, 2.75) is 51.2 Å². The Morgan fingerprint density at radius 3 is 2.38 bits per heavy atom. The Balaban J connectivity index is 3.16. The van der Waals surface area contributed by atoms with Crippen molar-refractivity contribution in [1.82, 2.24) is 0 Å². The summed E-state index contributed by atoms with van der Waals surface area (Å²) in [6, 6.07) is 1.42. The van der Waals surface area contributed by atoms with Gasteiger partial charge in [-0.05, 0) is 12.5 Å². The Morgan fingerprint density at radius 2 is 1.81 bits per heavy atom. The zero-order valence-electron chi connectivity index (χ0n) is 10.4. The Hall–Kier alpha value is 0.157. The van der Waals surface area contributed by atoms with Crippen molar-refractivity contribution < 1.29 is 9.53 Å². The fourth-order valence-electron chi connectivity index (χ4n) is 1.41. The molecule has 0 rings (SSSR count). The average Bonchev–Trinajstić information content (AvgIpc) is 2.20. The normalized spacial score (nSPS) is 11.2. The monoisotopic (exact) mass is 354 g/mol. The van der Waals surface area contributed by atoms with Crippen LogP contribution in [-0.2, 0) is 9.53 Å². The van der Waals surface area contributed by atoms with Gasteiger partial charge in [0.25, 0.3) is 0 Å². The highest BCUT2D eigenvalue weighted by Gasteiger charge is 2.14. The highest BCUT2D eigenvalue weighted by atomic mass is 127. The first-order valence-electron chi connectivity index (χ1n) is 5.94. The lowest BCUT2D eigenvalue weighted by Gasteiger charge is -2.12. The number of rotatable bonds is 9. The molecule has 0 heterocycles. The lowest BCUT2D eigenvalue weighted by Crippen LogP contribution is -2.13. The van der Waals surface area contributed by atoms with Gasteiger partial charge in [0.15, 0.2) is 0 Å². The number of unbranched alkanes of at least 4 members (excludes halogenated alkanes) is 4.